The fraction of sp³-hybridized carbons (Fsp3) is 0.533. The smallest absolute Gasteiger partial charge is 0.172 e. The van der Waals surface area contributed by atoms with Crippen molar-refractivity contribution in [2.24, 2.45) is 0 Å². The Morgan fingerprint density at radius 2 is 2.00 bits per heavy atom. The molecule has 5 heteroatoms. The van der Waals surface area contributed by atoms with E-state index >= 15 is 0 Å². The van der Waals surface area contributed by atoms with Crippen LogP contribution in [-0.2, 0) is 6.54 Å². The molecule has 2 aromatic heterocycles. The highest BCUT2D eigenvalue weighted by Gasteiger charge is 2.10. The Balaban J connectivity index is 2.16. The largest absolute Gasteiger partial charge is 0.306 e. The Bertz CT molecular complexity index is 566. The van der Waals surface area contributed by atoms with Crippen molar-refractivity contribution < 1.29 is 0 Å². The molecular formula is C15H23N5. The van der Waals surface area contributed by atoms with Crippen molar-refractivity contribution in [1.82, 2.24) is 25.1 Å². The summed E-state index contributed by atoms with van der Waals surface area (Å²) in [5.41, 5.74) is 2.04. The highest BCUT2D eigenvalue weighted by molar-refractivity contribution is 5.20. The number of rotatable bonds is 4. The summed E-state index contributed by atoms with van der Waals surface area (Å²) in [7, 11) is 0. The van der Waals surface area contributed by atoms with Crippen molar-refractivity contribution in [2.75, 3.05) is 0 Å². The fourth-order valence-electron chi connectivity index (χ4n) is 1.72. The number of aromatic nitrogens is 4. The van der Waals surface area contributed by atoms with Crippen LogP contribution in [0.5, 0.6) is 0 Å². The number of nitrogens with zero attached hydrogens (tertiary/aromatic N) is 4. The summed E-state index contributed by atoms with van der Waals surface area (Å²) in [4.78, 5) is 8.85. The summed E-state index contributed by atoms with van der Waals surface area (Å²) >= 11 is 0. The lowest BCUT2D eigenvalue weighted by atomic mass is 10.1. The molecule has 2 aromatic rings. The van der Waals surface area contributed by atoms with Crippen LogP contribution in [0.1, 0.15) is 51.9 Å². The predicted octanol–water partition coefficient (Wildman–Crippen LogP) is 2.67. The highest BCUT2D eigenvalue weighted by Crippen LogP contribution is 2.13. The Kier molecular flexibility index (Phi) is 4.18. The zero-order valence-electron chi connectivity index (χ0n) is 12.9. The summed E-state index contributed by atoms with van der Waals surface area (Å²) in [5.74, 6) is 1.17. The maximum absolute atomic E-state index is 4.59. The van der Waals surface area contributed by atoms with Crippen LogP contribution < -0.4 is 5.32 Å². The first kappa shape index (κ1) is 14.7. The van der Waals surface area contributed by atoms with E-state index in [9.17, 15) is 0 Å². The summed E-state index contributed by atoms with van der Waals surface area (Å²) < 4.78 is 1.78. The minimum Gasteiger partial charge on any atom is -0.306 e. The average Bonchev–Trinajstić information content (AvgIpc) is 2.86. The van der Waals surface area contributed by atoms with Gasteiger partial charge in [0.25, 0.3) is 0 Å². The van der Waals surface area contributed by atoms with Gasteiger partial charge >= 0.3 is 0 Å². The van der Waals surface area contributed by atoms with E-state index in [2.05, 4.69) is 55.0 Å². The lowest BCUT2D eigenvalue weighted by Crippen LogP contribution is -2.35. The Morgan fingerprint density at radius 1 is 1.25 bits per heavy atom. The van der Waals surface area contributed by atoms with Gasteiger partial charge in [-0.25, -0.2) is 9.67 Å². The van der Waals surface area contributed by atoms with Gasteiger partial charge in [0, 0.05) is 24.5 Å². The second kappa shape index (κ2) is 5.71. The van der Waals surface area contributed by atoms with E-state index in [0.717, 1.165) is 17.2 Å². The van der Waals surface area contributed by atoms with Crippen LogP contribution in [0.15, 0.2) is 24.7 Å². The van der Waals surface area contributed by atoms with E-state index in [4.69, 9.17) is 0 Å². The molecule has 2 heterocycles. The second-order valence-electron chi connectivity index (χ2n) is 6.31. The van der Waals surface area contributed by atoms with Crippen molar-refractivity contribution >= 4 is 0 Å². The summed E-state index contributed by atoms with van der Waals surface area (Å²) in [5, 5.41) is 7.93. The molecule has 0 aliphatic heterocycles. The summed E-state index contributed by atoms with van der Waals surface area (Å²) in [6.45, 7) is 11.3. The van der Waals surface area contributed by atoms with Gasteiger partial charge in [-0.05, 0) is 32.8 Å². The number of hydrogen-bond donors (Lipinski definition) is 1. The normalized spacial score (nSPS) is 12.1. The topological polar surface area (TPSA) is 55.6 Å². The van der Waals surface area contributed by atoms with Crippen molar-refractivity contribution in [3.63, 3.8) is 0 Å². The monoisotopic (exact) mass is 273 g/mol. The molecule has 20 heavy (non-hydrogen) atoms. The molecule has 0 amide bonds. The van der Waals surface area contributed by atoms with Crippen LogP contribution >= 0.6 is 0 Å². The van der Waals surface area contributed by atoms with E-state index in [0.29, 0.717) is 12.5 Å². The molecule has 0 fully saturated rings. The molecule has 2 rings (SSSR count). The van der Waals surface area contributed by atoms with Gasteiger partial charge in [0.2, 0.25) is 0 Å². The van der Waals surface area contributed by atoms with Gasteiger partial charge in [0.05, 0.1) is 17.6 Å². The molecule has 0 radical (unpaired) electrons. The van der Waals surface area contributed by atoms with Gasteiger partial charge in [-0.15, -0.1) is 0 Å². The third-order valence-corrected chi connectivity index (χ3v) is 2.91. The molecule has 0 saturated heterocycles. The molecule has 1 N–H and O–H groups in total. The van der Waals surface area contributed by atoms with Crippen LogP contribution in [0.25, 0.3) is 5.82 Å². The van der Waals surface area contributed by atoms with Crippen LogP contribution in [-0.4, -0.2) is 25.3 Å². The van der Waals surface area contributed by atoms with Gasteiger partial charge in [-0.1, -0.05) is 13.8 Å². The maximum atomic E-state index is 4.59. The van der Waals surface area contributed by atoms with E-state index < -0.39 is 0 Å². The van der Waals surface area contributed by atoms with Crippen LogP contribution in [0.3, 0.4) is 0 Å². The quantitative estimate of drug-likeness (QED) is 0.930. The predicted molar refractivity (Wildman–Crippen MR) is 79.8 cm³/mol. The van der Waals surface area contributed by atoms with E-state index in [1.807, 2.05) is 12.3 Å². The average molecular weight is 273 g/mol. The molecule has 0 saturated carbocycles. The minimum absolute atomic E-state index is 0.0637. The lowest BCUT2D eigenvalue weighted by Gasteiger charge is -2.20. The first-order valence-electron chi connectivity index (χ1n) is 6.97. The molecule has 108 valence electrons. The van der Waals surface area contributed by atoms with E-state index in [-0.39, 0.29) is 5.54 Å². The Labute approximate surface area is 120 Å². The van der Waals surface area contributed by atoms with E-state index in [1.54, 1.807) is 17.1 Å². The van der Waals surface area contributed by atoms with E-state index in [1.165, 1.54) is 0 Å². The van der Waals surface area contributed by atoms with Crippen molar-refractivity contribution in [1.29, 1.82) is 0 Å². The first-order valence-corrected chi connectivity index (χ1v) is 6.97. The molecule has 5 nitrogen and oxygen atoms in total. The zero-order valence-corrected chi connectivity index (χ0v) is 12.9. The van der Waals surface area contributed by atoms with Gasteiger partial charge in [-0.3, -0.25) is 4.98 Å². The minimum atomic E-state index is 0.0637. The Hall–Kier alpha value is -1.75. The van der Waals surface area contributed by atoms with Crippen LogP contribution in [0.4, 0.5) is 0 Å². The lowest BCUT2D eigenvalue weighted by molar-refractivity contribution is 0.420. The molecule has 0 unspecified atom stereocenters. The molecular weight excluding hydrogens is 250 g/mol. The Morgan fingerprint density at radius 3 is 2.60 bits per heavy atom. The highest BCUT2D eigenvalue weighted by atomic mass is 15.3. The molecule has 0 bridgehead atoms. The fourth-order valence-corrected chi connectivity index (χ4v) is 1.72. The molecule has 0 aliphatic carbocycles. The number of nitrogens with one attached hydrogen (secondary N) is 1. The third-order valence-electron chi connectivity index (χ3n) is 2.91. The van der Waals surface area contributed by atoms with Gasteiger partial charge in [-0.2, -0.15) is 5.10 Å². The molecule has 0 aromatic carbocycles. The summed E-state index contributed by atoms with van der Waals surface area (Å²) in [6, 6.07) is 2.02. The molecule has 0 atom stereocenters. The molecule has 0 aliphatic rings. The third kappa shape index (κ3) is 3.87. The SMILES string of the molecule is CC(C)c1ccn(-c2cncc(CNC(C)(C)C)n2)n1. The molecule has 0 spiro atoms. The van der Waals surface area contributed by atoms with Gasteiger partial charge < -0.3 is 5.32 Å². The van der Waals surface area contributed by atoms with Gasteiger partial charge in [0.1, 0.15) is 0 Å². The van der Waals surface area contributed by atoms with Crippen LogP contribution in [0, 0.1) is 0 Å². The van der Waals surface area contributed by atoms with Gasteiger partial charge in [0.15, 0.2) is 5.82 Å². The zero-order chi connectivity index (χ0) is 14.8. The van der Waals surface area contributed by atoms with Crippen LogP contribution in [0.2, 0.25) is 0 Å². The second-order valence-corrected chi connectivity index (χ2v) is 6.31. The van der Waals surface area contributed by atoms with Crippen molar-refractivity contribution in [2.45, 2.75) is 52.6 Å². The van der Waals surface area contributed by atoms with Crippen molar-refractivity contribution in [3.05, 3.63) is 36.0 Å². The maximum Gasteiger partial charge on any atom is 0.172 e. The first-order chi connectivity index (χ1) is 9.35. The summed E-state index contributed by atoms with van der Waals surface area (Å²) in [6.07, 6.45) is 5.45. The number of hydrogen-bond acceptors (Lipinski definition) is 4. The standard InChI is InChI=1S/C15H23N5/c1-11(2)13-6-7-20(19-13)14-10-16-8-12(18-14)9-17-15(3,4)5/h6-8,10-11,17H,9H2,1-5H3. The van der Waals surface area contributed by atoms with Crippen molar-refractivity contribution in [3.8, 4) is 5.82 Å².